The minimum Gasteiger partial charge on any atom is -0.497 e. The zero-order valence-electron chi connectivity index (χ0n) is 15.2. The predicted molar refractivity (Wildman–Crippen MR) is 102 cm³/mol. The third kappa shape index (κ3) is 2.70. The molecule has 0 spiro atoms. The smallest absolute Gasteiger partial charge is 0.271 e. The lowest BCUT2D eigenvalue weighted by molar-refractivity contribution is 0.0950. The highest BCUT2D eigenvalue weighted by Crippen LogP contribution is 2.28. The van der Waals surface area contributed by atoms with Crippen molar-refractivity contribution >= 4 is 11.6 Å². The minimum absolute atomic E-state index is 0.115. The Morgan fingerprint density at radius 3 is 3.00 bits per heavy atom. The molecule has 4 aromatic rings. The predicted octanol–water partition coefficient (Wildman–Crippen LogP) is 2.20. The molecule has 1 aliphatic heterocycles. The third-order valence-corrected chi connectivity index (χ3v) is 5.04. The SMILES string of the molecule is COc1cccc(C2CNC(=O)c3nc(-c4nnc5ccccn45)[nH]c3C2)c1. The fraction of sp³-hybridized carbons (Fsp3) is 0.200. The van der Waals surface area contributed by atoms with E-state index in [1.807, 2.05) is 53.1 Å². The van der Waals surface area contributed by atoms with Crippen LogP contribution >= 0.6 is 0 Å². The van der Waals surface area contributed by atoms with E-state index in [2.05, 4.69) is 25.5 Å². The Kier molecular flexibility index (Phi) is 3.82. The number of aromatic amines is 1. The molecule has 5 rings (SSSR count). The summed E-state index contributed by atoms with van der Waals surface area (Å²) in [4.78, 5) is 20.4. The molecule has 1 amide bonds. The molecule has 0 saturated heterocycles. The zero-order valence-corrected chi connectivity index (χ0v) is 15.2. The minimum atomic E-state index is -0.184. The quantitative estimate of drug-likeness (QED) is 0.573. The van der Waals surface area contributed by atoms with Crippen molar-refractivity contribution in [2.75, 3.05) is 13.7 Å². The number of carbonyl (C=O) groups is 1. The number of amides is 1. The Hall–Kier alpha value is -3.68. The number of aromatic nitrogens is 5. The Bertz CT molecular complexity index is 1180. The van der Waals surface area contributed by atoms with Gasteiger partial charge in [0.05, 0.1) is 7.11 Å². The normalized spacial score (nSPS) is 16.5. The van der Waals surface area contributed by atoms with Crippen molar-refractivity contribution in [2.24, 2.45) is 0 Å². The van der Waals surface area contributed by atoms with Crippen LogP contribution in [-0.4, -0.2) is 44.1 Å². The number of nitrogens with one attached hydrogen (secondary N) is 2. The average Bonchev–Trinajstić information content (AvgIpc) is 3.31. The Labute approximate surface area is 160 Å². The first kappa shape index (κ1) is 16.5. The summed E-state index contributed by atoms with van der Waals surface area (Å²) in [5.74, 6) is 1.84. The van der Waals surface area contributed by atoms with Crippen molar-refractivity contribution in [3.8, 4) is 17.4 Å². The number of ether oxygens (including phenoxy) is 1. The first-order valence-corrected chi connectivity index (χ1v) is 9.04. The second-order valence-corrected chi connectivity index (χ2v) is 6.75. The molecule has 8 heteroatoms. The molecule has 4 heterocycles. The molecule has 28 heavy (non-hydrogen) atoms. The molecule has 0 bridgehead atoms. The number of pyridine rings is 1. The van der Waals surface area contributed by atoms with Crippen molar-refractivity contribution in [1.82, 2.24) is 29.9 Å². The van der Waals surface area contributed by atoms with Gasteiger partial charge in [-0.25, -0.2) is 4.98 Å². The van der Waals surface area contributed by atoms with Crippen LogP contribution in [0.15, 0.2) is 48.7 Å². The first-order valence-electron chi connectivity index (χ1n) is 9.04. The number of fused-ring (bicyclic) bond motifs is 2. The van der Waals surface area contributed by atoms with Crippen LogP contribution in [0.1, 0.15) is 27.7 Å². The molecule has 8 nitrogen and oxygen atoms in total. The van der Waals surface area contributed by atoms with E-state index in [1.54, 1.807) is 7.11 Å². The molecule has 1 aliphatic rings. The number of benzene rings is 1. The van der Waals surface area contributed by atoms with Crippen molar-refractivity contribution in [3.05, 3.63) is 65.6 Å². The maximum absolute atomic E-state index is 12.6. The number of H-pyrrole nitrogens is 1. The van der Waals surface area contributed by atoms with Crippen LogP contribution in [0.4, 0.5) is 0 Å². The van der Waals surface area contributed by atoms with Gasteiger partial charge < -0.3 is 15.0 Å². The van der Waals surface area contributed by atoms with Gasteiger partial charge in [0.25, 0.3) is 5.91 Å². The van der Waals surface area contributed by atoms with E-state index in [1.165, 1.54) is 0 Å². The maximum atomic E-state index is 12.6. The summed E-state index contributed by atoms with van der Waals surface area (Å²) >= 11 is 0. The van der Waals surface area contributed by atoms with E-state index in [-0.39, 0.29) is 11.8 Å². The monoisotopic (exact) mass is 374 g/mol. The standard InChI is InChI=1S/C20H18N6O2/c1-28-14-6-4-5-12(9-14)13-10-15-17(20(27)21-11-13)23-18(22-15)19-25-24-16-7-2-3-8-26(16)19/h2-9,13H,10-11H2,1H3,(H,21,27)(H,22,23). The molecule has 1 unspecified atom stereocenters. The van der Waals surface area contributed by atoms with Crippen LogP contribution in [0.3, 0.4) is 0 Å². The summed E-state index contributed by atoms with van der Waals surface area (Å²) in [6.45, 7) is 0.541. The van der Waals surface area contributed by atoms with Gasteiger partial charge in [-0.3, -0.25) is 9.20 Å². The van der Waals surface area contributed by atoms with Gasteiger partial charge in [-0.1, -0.05) is 18.2 Å². The number of nitrogens with zero attached hydrogens (tertiary/aromatic N) is 4. The van der Waals surface area contributed by atoms with E-state index in [0.29, 0.717) is 30.3 Å². The first-order chi connectivity index (χ1) is 13.7. The summed E-state index contributed by atoms with van der Waals surface area (Å²) in [6, 6.07) is 13.6. The molecule has 140 valence electrons. The zero-order chi connectivity index (χ0) is 19.1. The second kappa shape index (κ2) is 6.49. The summed E-state index contributed by atoms with van der Waals surface area (Å²) in [6.07, 6.45) is 2.53. The lowest BCUT2D eigenvalue weighted by Gasteiger charge is -2.15. The average molecular weight is 374 g/mol. The van der Waals surface area contributed by atoms with Gasteiger partial charge in [0, 0.05) is 24.4 Å². The van der Waals surface area contributed by atoms with Crippen molar-refractivity contribution < 1.29 is 9.53 Å². The summed E-state index contributed by atoms with van der Waals surface area (Å²) in [5.41, 5.74) is 3.04. The second-order valence-electron chi connectivity index (χ2n) is 6.75. The van der Waals surface area contributed by atoms with Crippen LogP contribution in [0.2, 0.25) is 0 Å². The van der Waals surface area contributed by atoms with Crippen LogP contribution < -0.4 is 10.1 Å². The highest BCUT2D eigenvalue weighted by Gasteiger charge is 2.27. The van der Waals surface area contributed by atoms with E-state index in [0.717, 1.165) is 22.7 Å². The van der Waals surface area contributed by atoms with Gasteiger partial charge in [0.1, 0.15) is 11.4 Å². The van der Waals surface area contributed by atoms with Crippen LogP contribution in [-0.2, 0) is 6.42 Å². The third-order valence-electron chi connectivity index (χ3n) is 5.04. The van der Waals surface area contributed by atoms with Gasteiger partial charge in [-0.15, -0.1) is 10.2 Å². The summed E-state index contributed by atoms with van der Waals surface area (Å²) < 4.78 is 7.18. The van der Waals surface area contributed by atoms with Crippen LogP contribution in [0, 0.1) is 0 Å². The van der Waals surface area contributed by atoms with E-state index in [9.17, 15) is 4.79 Å². The molecule has 1 aromatic carbocycles. The number of carbonyl (C=O) groups excluding carboxylic acids is 1. The van der Waals surface area contributed by atoms with Crippen LogP contribution in [0.25, 0.3) is 17.3 Å². The lowest BCUT2D eigenvalue weighted by Crippen LogP contribution is -2.26. The number of hydrogen-bond acceptors (Lipinski definition) is 5. The van der Waals surface area contributed by atoms with Gasteiger partial charge in [-0.05, 0) is 36.2 Å². The van der Waals surface area contributed by atoms with Crippen molar-refractivity contribution in [2.45, 2.75) is 12.3 Å². The Morgan fingerprint density at radius 2 is 2.11 bits per heavy atom. The fourth-order valence-electron chi connectivity index (χ4n) is 3.60. The number of methoxy groups -OCH3 is 1. The Balaban J connectivity index is 1.54. The van der Waals surface area contributed by atoms with Gasteiger partial charge in [0.15, 0.2) is 11.5 Å². The highest BCUT2D eigenvalue weighted by molar-refractivity contribution is 5.94. The molecule has 0 aliphatic carbocycles. The molecule has 3 aromatic heterocycles. The fourth-order valence-corrected chi connectivity index (χ4v) is 3.60. The Morgan fingerprint density at radius 1 is 1.18 bits per heavy atom. The summed E-state index contributed by atoms with van der Waals surface area (Å²) in [5, 5.41) is 11.4. The van der Waals surface area contributed by atoms with Gasteiger partial charge in [0.2, 0.25) is 5.82 Å². The van der Waals surface area contributed by atoms with Crippen LogP contribution in [0.5, 0.6) is 5.75 Å². The molecule has 1 atom stereocenters. The van der Waals surface area contributed by atoms with Gasteiger partial charge in [-0.2, -0.15) is 0 Å². The molecular weight excluding hydrogens is 356 g/mol. The number of hydrogen-bond donors (Lipinski definition) is 2. The summed E-state index contributed by atoms with van der Waals surface area (Å²) in [7, 11) is 1.65. The van der Waals surface area contributed by atoms with Gasteiger partial charge >= 0.3 is 0 Å². The molecule has 0 saturated carbocycles. The maximum Gasteiger partial charge on any atom is 0.271 e. The topological polar surface area (TPSA) is 97.2 Å². The van der Waals surface area contributed by atoms with E-state index >= 15 is 0 Å². The number of rotatable bonds is 3. The van der Waals surface area contributed by atoms with E-state index < -0.39 is 0 Å². The number of imidazole rings is 1. The van der Waals surface area contributed by atoms with E-state index in [4.69, 9.17) is 4.74 Å². The van der Waals surface area contributed by atoms with Crippen molar-refractivity contribution in [1.29, 1.82) is 0 Å². The van der Waals surface area contributed by atoms with Crippen molar-refractivity contribution in [3.63, 3.8) is 0 Å². The molecule has 0 radical (unpaired) electrons. The largest absolute Gasteiger partial charge is 0.497 e. The lowest BCUT2D eigenvalue weighted by atomic mass is 9.94. The molecule has 2 N–H and O–H groups in total. The molecule has 0 fully saturated rings. The molecular formula is C20H18N6O2. The highest BCUT2D eigenvalue weighted by atomic mass is 16.5.